The molecule has 2 aromatic rings. The molecule has 0 spiro atoms. The van der Waals surface area contributed by atoms with Crippen molar-refractivity contribution in [3.63, 3.8) is 0 Å². The number of hydrogen-bond acceptors (Lipinski definition) is 5. The van der Waals surface area contributed by atoms with Crippen molar-refractivity contribution in [1.29, 1.82) is 0 Å². The Labute approximate surface area is 117 Å². The maximum absolute atomic E-state index is 5.36. The van der Waals surface area contributed by atoms with Gasteiger partial charge in [0.25, 0.3) is 0 Å². The molecule has 0 unspecified atom stereocenters. The summed E-state index contributed by atoms with van der Waals surface area (Å²) in [4.78, 5) is 4.35. The zero-order valence-electron chi connectivity index (χ0n) is 11.3. The SMILES string of the molecule is COc1cccc(CNCc2ccc3c(c2)OCO3)n1. The zero-order valence-corrected chi connectivity index (χ0v) is 11.3. The average Bonchev–Trinajstić information content (AvgIpc) is 2.95. The van der Waals surface area contributed by atoms with Crippen LogP contribution in [0.1, 0.15) is 11.3 Å². The largest absolute Gasteiger partial charge is 0.481 e. The minimum atomic E-state index is 0.306. The molecule has 0 bridgehead atoms. The maximum Gasteiger partial charge on any atom is 0.231 e. The van der Waals surface area contributed by atoms with E-state index < -0.39 is 0 Å². The predicted molar refractivity (Wildman–Crippen MR) is 73.9 cm³/mol. The number of methoxy groups -OCH3 is 1. The predicted octanol–water partition coefficient (Wildman–Crippen LogP) is 2.11. The van der Waals surface area contributed by atoms with Gasteiger partial charge in [-0.25, -0.2) is 4.98 Å². The Kier molecular flexibility index (Phi) is 3.69. The number of aromatic nitrogens is 1. The van der Waals surface area contributed by atoms with E-state index in [-0.39, 0.29) is 0 Å². The fourth-order valence-electron chi connectivity index (χ4n) is 2.06. The fourth-order valence-corrected chi connectivity index (χ4v) is 2.06. The molecule has 1 aliphatic heterocycles. The van der Waals surface area contributed by atoms with Crippen LogP contribution in [0.25, 0.3) is 0 Å². The van der Waals surface area contributed by atoms with Crippen LogP contribution in [0.3, 0.4) is 0 Å². The van der Waals surface area contributed by atoms with Crippen LogP contribution in [0.2, 0.25) is 0 Å². The normalized spacial score (nSPS) is 12.4. The number of ether oxygens (including phenoxy) is 3. The lowest BCUT2D eigenvalue weighted by Crippen LogP contribution is -2.13. The molecule has 1 aromatic heterocycles. The molecule has 0 saturated heterocycles. The van der Waals surface area contributed by atoms with Gasteiger partial charge in [0.05, 0.1) is 12.8 Å². The summed E-state index contributed by atoms with van der Waals surface area (Å²) < 4.78 is 15.7. The lowest BCUT2D eigenvalue weighted by molar-refractivity contribution is 0.174. The third-order valence-electron chi connectivity index (χ3n) is 3.06. The molecule has 0 amide bonds. The van der Waals surface area contributed by atoms with Gasteiger partial charge in [0.15, 0.2) is 11.5 Å². The summed E-state index contributed by atoms with van der Waals surface area (Å²) in [6.07, 6.45) is 0. The molecule has 0 aliphatic carbocycles. The van der Waals surface area contributed by atoms with Crippen LogP contribution < -0.4 is 19.5 Å². The first-order valence-corrected chi connectivity index (χ1v) is 6.44. The first kappa shape index (κ1) is 12.7. The molecule has 1 aromatic carbocycles. The molecular weight excluding hydrogens is 256 g/mol. The van der Waals surface area contributed by atoms with E-state index in [0.717, 1.165) is 29.3 Å². The highest BCUT2D eigenvalue weighted by Gasteiger charge is 2.12. The standard InChI is InChI=1S/C15H16N2O3/c1-18-15-4-2-3-12(17-15)9-16-8-11-5-6-13-14(7-11)20-10-19-13/h2-7,16H,8-10H2,1H3. The third kappa shape index (κ3) is 2.83. The summed E-state index contributed by atoms with van der Waals surface area (Å²) in [5.74, 6) is 2.25. The summed E-state index contributed by atoms with van der Waals surface area (Å²) in [6.45, 7) is 1.74. The smallest absolute Gasteiger partial charge is 0.231 e. The Balaban J connectivity index is 1.57. The highest BCUT2D eigenvalue weighted by atomic mass is 16.7. The van der Waals surface area contributed by atoms with Crippen molar-refractivity contribution in [2.75, 3.05) is 13.9 Å². The molecule has 20 heavy (non-hydrogen) atoms. The van der Waals surface area contributed by atoms with E-state index in [1.54, 1.807) is 7.11 Å². The second-order valence-electron chi connectivity index (χ2n) is 4.46. The Morgan fingerprint density at radius 3 is 2.95 bits per heavy atom. The van der Waals surface area contributed by atoms with E-state index in [1.165, 1.54) is 0 Å². The van der Waals surface area contributed by atoms with Crippen LogP contribution >= 0.6 is 0 Å². The number of nitrogens with zero attached hydrogens (tertiary/aromatic N) is 1. The van der Waals surface area contributed by atoms with Crippen molar-refractivity contribution >= 4 is 0 Å². The van der Waals surface area contributed by atoms with Crippen LogP contribution in [0.5, 0.6) is 17.4 Å². The Bertz CT molecular complexity index is 601. The summed E-state index contributed by atoms with van der Waals surface area (Å²) >= 11 is 0. The number of rotatable bonds is 5. The second-order valence-corrected chi connectivity index (χ2v) is 4.46. The lowest BCUT2D eigenvalue weighted by Gasteiger charge is -2.06. The lowest BCUT2D eigenvalue weighted by atomic mass is 10.2. The molecular formula is C15H16N2O3. The van der Waals surface area contributed by atoms with E-state index in [4.69, 9.17) is 14.2 Å². The maximum atomic E-state index is 5.36. The van der Waals surface area contributed by atoms with Gasteiger partial charge in [0.2, 0.25) is 12.7 Å². The summed E-state index contributed by atoms with van der Waals surface area (Å²) in [5, 5.41) is 3.35. The fraction of sp³-hybridized carbons (Fsp3) is 0.267. The van der Waals surface area contributed by atoms with Gasteiger partial charge in [0.1, 0.15) is 0 Å². The van der Waals surface area contributed by atoms with Crippen molar-refractivity contribution in [3.8, 4) is 17.4 Å². The van der Waals surface area contributed by atoms with Crippen molar-refractivity contribution in [2.24, 2.45) is 0 Å². The van der Waals surface area contributed by atoms with Crippen LogP contribution in [-0.2, 0) is 13.1 Å². The van der Waals surface area contributed by atoms with Gasteiger partial charge in [0, 0.05) is 19.2 Å². The average molecular weight is 272 g/mol. The van der Waals surface area contributed by atoms with Crippen LogP contribution in [0.15, 0.2) is 36.4 Å². The molecule has 0 fully saturated rings. The number of benzene rings is 1. The molecule has 104 valence electrons. The van der Waals surface area contributed by atoms with Crippen molar-refractivity contribution in [2.45, 2.75) is 13.1 Å². The monoisotopic (exact) mass is 272 g/mol. The van der Waals surface area contributed by atoms with Crippen LogP contribution in [-0.4, -0.2) is 18.9 Å². The third-order valence-corrected chi connectivity index (χ3v) is 3.06. The quantitative estimate of drug-likeness (QED) is 0.903. The zero-order chi connectivity index (χ0) is 13.8. The summed E-state index contributed by atoms with van der Waals surface area (Å²) in [6, 6.07) is 11.7. The van der Waals surface area contributed by atoms with E-state index >= 15 is 0 Å². The Hall–Kier alpha value is -2.27. The first-order chi connectivity index (χ1) is 9.85. The number of fused-ring (bicyclic) bond motifs is 1. The van der Waals surface area contributed by atoms with Gasteiger partial charge in [-0.3, -0.25) is 0 Å². The molecule has 0 atom stereocenters. The van der Waals surface area contributed by atoms with E-state index in [2.05, 4.69) is 10.3 Å². The van der Waals surface area contributed by atoms with Gasteiger partial charge < -0.3 is 19.5 Å². The molecule has 2 heterocycles. The topological polar surface area (TPSA) is 52.6 Å². The Morgan fingerprint density at radius 1 is 1.15 bits per heavy atom. The van der Waals surface area contributed by atoms with E-state index in [9.17, 15) is 0 Å². The van der Waals surface area contributed by atoms with Gasteiger partial charge in [-0.2, -0.15) is 0 Å². The highest BCUT2D eigenvalue weighted by molar-refractivity contribution is 5.44. The molecule has 1 aliphatic rings. The van der Waals surface area contributed by atoms with E-state index in [1.807, 2.05) is 36.4 Å². The van der Waals surface area contributed by atoms with Crippen molar-refractivity contribution in [3.05, 3.63) is 47.7 Å². The van der Waals surface area contributed by atoms with Crippen molar-refractivity contribution < 1.29 is 14.2 Å². The molecule has 5 nitrogen and oxygen atoms in total. The Morgan fingerprint density at radius 2 is 2.05 bits per heavy atom. The number of hydrogen-bond donors (Lipinski definition) is 1. The minimum absolute atomic E-state index is 0.306. The summed E-state index contributed by atoms with van der Waals surface area (Å²) in [7, 11) is 1.62. The molecule has 5 heteroatoms. The molecule has 3 rings (SSSR count). The van der Waals surface area contributed by atoms with Crippen molar-refractivity contribution in [1.82, 2.24) is 10.3 Å². The van der Waals surface area contributed by atoms with Gasteiger partial charge in [-0.15, -0.1) is 0 Å². The number of pyridine rings is 1. The first-order valence-electron chi connectivity index (χ1n) is 6.44. The molecule has 0 saturated carbocycles. The highest BCUT2D eigenvalue weighted by Crippen LogP contribution is 2.32. The summed E-state index contributed by atoms with van der Waals surface area (Å²) in [5.41, 5.74) is 2.10. The molecule has 0 radical (unpaired) electrons. The van der Waals surface area contributed by atoms with Gasteiger partial charge in [-0.1, -0.05) is 12.1 Å². The van der Waals surface area contributed by atoms with Gasteiger partial charge >= 0.3 is 0 Å². The van der Waals surface area contributed by atoms with Crippen LogP contribution in [0.4, 0.5) is 0 Å². The van der Waals surface area contributed by atoms with Crippen LogP contribution in [0, 0.1) is 0 Å². The van der Waals surface area contributed by atoms with E-state index in [0.29, 0.717) is 19.2 Å². The second kappa shape index (κ2) is 5.79. The molecule has 1 N–H and O–H groups in total. The number of nitrogens with one attached hydrogen (secondary N) is 1. The minimum Gasteiger partial charge on any atom is -0.481 e. The van der Waals surface area contributed by atoms with Gasteiger partial charge in [-0.05, 0) is 23.8 Å².